The highest BCUT2D eigenvalue weighted by molar-refractivity contribution is 6.35. The number of aromatic nitrogens is 2. The second kappa shape index (κ2) is 12.8. The van der Waals surface area contributed by atoms with Gasteiger partial charge < -0.3 is 9.57 Å². The summed E-state index contributed by atoms with van der Waals surface area (Å²) in [5.41, 5.74) is 6.76. The Kier molecular flexibility index (Phi) is 9.20. The molecule has 0 bridgehead atoms. The van der Waals surface area contributed by atoms with Gasteiger partial charge in [0.2, 0.25) is 0 Å². The van der Waals surface area contributed by atoms with Gasteiger partial charge in [0, 0.05) is 41.2 Å². The van der Waals surface area contributed by atoms with Crippen molar-refractivity contribution in [1.82, 2.24) is 20.2 Å². The number of hydrogen-bond donors (Lipinski definition) is 1. The minimum atomic E-state index is -0.812. The van der Waals surface area contributed by atoms with Crippen LogP contribution in [0.1, 0.15) is 34.5 Å². The number of nitrogens with zero attached hydrogens (tertiary/aromatic N) is 4. The van der Waals surface area contributed by atoms with Gasteiger partial charge in [0.25, 0.3) is 11.0 Å². The lowest BCUT2D eigenvalue weighted by Crippen LogP contribution is -2.48. The maximum Gasteiger partial charge on any atom is 0.294 e. The molecule has 1 amide bonds. The molecule has 10 nitrogen and oxygen atoms in total. The number of ether oxygens (including phenoxy) is 1. The number of carbonyl (C=O) groups is 1. The van der Waals surface area contributed by atoms with Crippen molar-refractivity contribution in [2.75, 3.05) is 32.9 Å². The van der Waals surface area contributed by atoms with E-state index in [0.29, 0.717) is 66.1 Å². The quantitative estimate of drug-likeness (QED) is 0.188. The van der Waals surface area contributed by atoms with Crippen LogP contribution in [0.25, 0.3) is 16.9 Å². The van der Waals surface area contributed by atoms with Crippen LogP contribution in [0.3, 0.4) is 0 Å². The molecule has 1 saturated heterocycles. The molecule has 1 aliphatic rings. The van der Waals surface area contributed by atoms with E-state index in [9.17, 15) is 14.9 Å². The zero-order valence-corrected chi connectivity index (χ0v) is 22.1. The third-order valence-electron chi connectivity index (χ3n) is 5.78. The van der Waals surface area contributed by atoms with E-state index in [-0.39, 0.29) is 18.2 Å². The molecule has 2 aromatic carbocycles. The van der Waals surface area contributed by atoms with Crippen LogP contribution in [0, 0.1) is 28.9 Å². The number of benzene rings is 2. The minimum Gasteiger partial charge on any atom is -0.379 e. The van der Waals surface area contributed by atoms with Gasteiger partial charge in [0.15, 0.2) is 5.69 Å². The number of amides is 1. The van der Waals surface area contributed by atoms with Gasteiger partial charge in [-0.05, 0) is 43.7 Å². The third kappa shape index (κ3) is 6.82. The summed E-state index contributed by atoms with van der Waals surface area (Å²) < 4.78 is 7.01. The van der Waals surface area contributed by atoms with Gasteiger partial charge in [-0.15, -0.1) is 10.1 Å². The summed E-state index contributed by atoms with van der Waals surface area (Å²) in [4.78, 5) is 27.7. The molecule has 0 aliphatic carbocycles. The zero-order chi connectivity index (χ0) is 27.1. The number of unbranched alkanes of at least 4 members (excludes halogenated alkanes) is 1. The highest BCUT2D eigenvalue weighted by Crippen LogP contribution is 2.33. The number of hydrazine groups is 1. The number of nitrogens with one attached hydrogen (secondary N) is 1. The molecule has 3 aromatic rings. The lowest BCUT2D eigenvalue weighted by Gasteiger charge is -2.26. The smallest absolute Gasteiger partial charge is 0.294 e. The summed E-state index contributed by atoms with van der Waals surface area (Å²) in [7, 11) is 0. The Morgan fingerprint density at radius 3 is 2.63 bits per heavy atom. The van der Waals surface area contributed by atoms with E-state index in [1.807, 2.05) is 36.2 Å². The number of morpholine rings is 1. The van der Waals surface area contributed by atoms with Gasteiger partial charge >= 0.3 is 0 Å². The molecule has 4 rings (SSSR count). The van der Waals surface area contributed by atoms with Crippen LogP contribution in [0.4, 0.5) is 0 Å². The molecule has 1 fully saturated rings. The zero-order valence-electron chi connectivity index (χ0n) is 20.6. The number of halogens is 2. The van der Waals surface area contributed by atoms with Gasteiger partial charge in [0.1, 0.15) is 0 Å². The first-order valence-electron chi connectivity index (χ1n) is 11.9. The van der Waals surface area contributed by atoms with E-state index in [1.54, 1.807) is 22.9 Å². The van der Waals surface area contributed by atoms with Crippen molar-refractivity contribution in [1.29, 1.82) is 0 Å². The Morgan fingerprint density at radius 1 is 1.21 bits per heavy atom. The molecule has 0 spiro atoms. The molecule has 38 heavy (non-hydrogen) atoms. The third-order valence-corrected chi connectivity index (χ3v) is 6.32. The van der Waals surface area contributed by atoms with Crippen molar-refractivity contribution in [3.8, 4) is 28.8 Å². The van der Waals surface area contributed by atoms with Gasteiger partial charge in [-0.2, -0.15) is 5.10 Å². The van der Waals surface area contributed by atoms with Crippen molar-refractivity contribution < 1.29 is 19.5 Å². The van der Waals surface area contributed by atoms with Crippen LogP contribution in [-0.4, -0.2) is 58.7 Å². The van der Waals surface area contributed by atoms with Gasteiger partial charge in [-0.1, -0.05) is 47.2 Å². The molecule has 0 radical (unpaired) electrons. The molecule has 12 heteroatoms. The lowest BCUT2D eigenvalue weighted by molar-refractivity contribution is -0.757. The summed E-state index contributed by atoms with van der Waals surface area (Å²) in [6.45, 7) is 4.12. The SMILES string of the molecule is Cc1c(C(=O)NN2CCOCC2)nn(-c2ccc(Cl)cc2Cl)c1-c1ccc(C#CCCCO[N+](=O)[O-])cc1. The van der Waals surface area contributed by atoms with Crippen LogP contribution in [-0.2, 0) is 9.57 Å². The van der Waals surface area contributed by atoms with Crippen LogP contribution in [0.15, 0.2) is 42.5 Å². The fourth-order valence-corrected chi connectivity index (χ4v) is 4.41. The minimum absolute atomic E-state index is 0.0125. The summed E-state index contributed by atoms with van der Waals surface area (Å²) >= 11 is 12.6. The van der Waals surface area contributed by atoms with Crippen LogP contribution in [0.5, 0.6) is 0 Å². The predicted molar refractivity (Wildman–Crippen MR) is 143 cm³/mol. The summed E-state index contributed by atoms with van der Waals surface area (Å²) in [6, 6.07) is 12.6. The van der Waals surface area contributed by atoms with E-state index in [1.165, 1.54) is 0 Å². The van der Waals surface area contributed by atoms with Crippen LogP contribution >= 0.6 is 23.2 Å². The topological polar surface area (TPSA) is 112 Å². The van der Waals surface area contributed by atoms with Crippen LogP contribution in [0.2, 0.25) is 10.0 Å². The molecular formula is C26H25Cl2N5O5. The molecule has 0 saturated carbocycles. The standard InChI is InChI=1S/C26H25Cl2N5O5/c1-18-24(26(34)30-31-12-15-37-16-13-31)29-32(23-11-10-21(27)17-22(23)28)25(18)20-8-6-19(7-9-20)5-3-2-4-14-38-33(35)36/h6-11,17H,2,4,12-16H2,1H3,(H,30,34). The Balaban J connectivity index is 1.62. The number of carbonyl (C=O) groups excluding carboxylic acids is 1. The molecule has 198 valence electrons. The molecule has 1 N–H and O–H groups in total. The van der Waals surface area contributed by atoms with Gasteiger partial charge in [-0.25, -0.2) is 9.69 Å². The average molecular weight is 558 g/mol. The largest absolute Gasteiger partial charge is 0.379 e. The Hall–Kier alpha value is -3.62. The average Bonchev–Trinajstić information content (AvgIpc) is 3.23. The molecule has 2 heterocycles. The van der Waals surface area contributed by atoms with E-state index in [2.05, 4.69) is 27.2 Å². The lowest BCUT2D eigenvalue weighted by atomic mass is 10.0. The molecule has 0 unspecified atom stereocenters. The normalized spacial score (nSPS) is 13.4. The molecule has 0 atom stereocenters. The fraction of sp³-hybridized carbons (Fsp3) is 0.308. The Bertz CT molecular complexity index is 1380. The molecular weight excluding hydrogens is 533 g/mol. The predicted octanol–water partition coefficient (Wildman–Crippen LogP) is 4.47. The molecule has 1 aliphatic heterocycles. The van der Waals surface area contributed by atoms with Gasteiger partial charge in [0.05, 0.1) is 36.2 Å². The highest BCUT2D eigenvalue weighted by Gasteiger charge is 2.25. The summed E-state index contributed by atoms with van der Waals surface area (Å²) in [5.74, 6) is 5.71. The first-order chi connectivity index (χ1) is 18.3. The fourth-order valence-electron chi connectivity index (χ4n) is 3.93. The van der Waals surface area contributed by atoms with Crippen LogP contribution < -0.4 is 5.43 Å². The Morgan fingerprint density at radius 2 is 1.95 bits per heavy atom. The van der Waals surface area contributed by atoms with Crippen molar-refractivity contribution in [3.63, 3.8) is 0 Å². The summed E-state index contributed by atoms with van der Waals surface area (Å²) in [6.07, 6.45) is 0.930. The summed E-state index contributed by atoms with van der Waals surface area (Å²) in [5, 5.41) is 16.7. The van der Waals surface area contributed by atoms with E-state index in [0.717, 1.165) is 11.1 Å². The Labute approximate surface area is 229 Å². The number of rotatable bonds is 8. The highest BCUT2D eigenvalue weighted by atomic mass is 35.5. The van der Waals surface area contributed by atoms with Crippen molar-refractivity contribution in [2.45, 2.75) is 19.8 Å². The van der Waals surface area contributed by atoms with Gasteiger partial charge in [-0.3, -0.25) is 10.2 Å². The second-order valence-electron chi connectivity index (χ2n) is 8.41. The monoisotopic (exact) mass is 557 g/mol. The maximum atomic E-state index is 13.2. The van der Waals surface area contributed by atoms with E-state index < -0.39 is 5.09 Å². The first kappa shape index (κ1) is 27.4. The van der Waals surface area contributed by atoms with Crippen molar-refractivity contribution in [3.05, 3.63) is 79.4 Å². The second-order valence-corrected chi connectivity index (χ2v) is 9.25. The van der Waals surface area contributed by atoms with Crippen molar-refractivity contribution in [2.24, 2.45) is 0 Å². The number of hydrogen-bond acceptors (Lipinski definition) is 7. The molecule has 1 aromatic heterocycles. The maximum absolute atomic E-state index is 13.2. The van der Waals surface area contributed by atoms with E-state index >= 15 is 0 Å². The first-order valence-corrected chi connectivity index (χ1v) is 12.6. The van der Waals surface area contributed by atoms with E-state index in [4.69, 9.17) is 27.9 Å². The van der Waals surface area contributed by atoms with Crippen molar-refractivity contribution >= 4 is 29.1 Å².